The van der Waals surface area contributed by atoms with Gasteiger partial charge in [-0.05, 0) is 299 Å². The molecular formula is C116H106O16. The molecule has 16 aromatic rings. The number of aliphatic hydroxyl groups excluding tert-OH is 8. The summed E-state index contributed by atoms with van der Waals surface area (Å²) in [5, 5.41) is 130. The SMILES string of the molecule is CC1(C)c2cc(CCCOc3cc(CO)c(O)c(CO)c3)ccc2-c2ccc(-c3cc(-c4ccc5c(c4)C(C)(C)c4cc(CCCOc6cc(CO)c(O)c(CO)c6)ccc4-5)c4ccc5c(-c6ccc7c(c6)C(C)(C)c6cc(COc8cc(CO)c(O)c(CO)c8)ccc6-7)cc(-c6ccc7c(c6)C(C)(C)c6cc(COc8cc(CO)c(O)c(CO)c8)ccc6-7)c6ccc3c4c65)cc21. The predicted molar refractivity (Wildman–Crippen MR) is 518 cm³/mol. The lowest BCUT2D eigenvalue weighted by Crippen LogP contribution is -2.15. The molecule has 16 nitrogen and oxygen atoms in total. The summed E-state index contributed by atoms with van der Waals surface area (Å²) in [7, 11) is 0. The van der Waals surface area contributed by atoms with E-state index in [-0.39, 0.29) is 84.9 Å². The number of phenols is 4. The summed E-state index contributed by atoms with van der Waals surface area (Å²) in [4.78, 5) is 0. The predicted octanol–water partition coefficient (Wildman–Crippen LogP) is 22.4. The fourth-order valence-electron chi connectivity index (χ4n) is 21.7. The van der Waals surface area contributed by atoms with Gasteiger partial charge < -0.3 is 80.2 Å². The van der Waals surface area contributed by atoms with Crippen LogP contribution >= 0.6 is 0 Å². The molecule has 0 aliphatic heterocycles. The Morgan fingerprint density at radius 3 is 0.652 bits per heavy atom. The Labute approximate surface area is 766 Å². The average molecular weight is 1760 g/mol. The molecule has 0 fully saturated rings. The van der Waals surface area contributed by atoms with Gasteiger partial charge in [0.2, 0.25) is 0 Å². The van der Waals surface area contributed by atoms with Crippen molar-refractivity contribution in [3.05, 3.63) is 342 Å². The Hall–Kier alpha value is -13.4. The molecule has 0 atom stereocenters. The van der Waals surface area contributed by atoms with E-state index < -0.39 is 48.1 Å². The molecule has 0 amide bonds. The second-order valence-electron chi connectivity index (χ2n) is 38.2. The average Bonchev–Trinajstić information content (AvgIpc) is 0.948. The minimum Gasteiger partial charge on any atom is -0.507 e. The van der Waals surface area contributed by atoms with Crippen molar-refractivity contribution in [1.82, 2.24) is 0 Å². The lowest BCUT2D eigenvalue weighted by molar-refractivity contribution is 0.258. The molecule has 4 aliphatic rings. The van der Waals surface area contributed by atoms with E-state index in [9.17, 15) is 61.3 Å². The number of fused-ring (bicyclic) bond motifs is 12. The molecule has 0 aromatic heterocycles. The van der Waals surface area contributed by atoms with Crippen molar-refractivity contribution in [1.29, 1.82) is 0 Å². The van der Waals surface area contributed by atoms with Crippen LogP contribution in [0.15, 0.2) is 231 Å². The van der Waals surface area contributed by atoms with Gasteiger partial charge >= 0.3 is 0 Å². The molecular weight excluding hydrogens is 1650 g/mol. The first kappa shape index (κ1) is 86.7. The molecule has 4 aliphatic carbocycles. The summed E-state index contributed by atoms with van der Waals surface area (Å²) in [6.45, 7) is 16.6. The van der Waals surface area contributed by atoms with Crippen LogP contribution in [0.3, 0.4) is 0 Å². The normalized spacial score (nSPS) is 14.2. The van der Waals surface area contributed by atoms with Gasteiger partial charge in [0, 0.05) is 66.2 Å². The highest BCUT2D eigenvalue weighted by molar-refractivity contribution is 6.32. The highest BCUT2D eigenvalue weighted by Gasteiger charge is 2.42. The molecule has 16 aromatic carbocycles. The van der Waals surface area contributed by atoms with Gasteiger partial charge in [-0.1, -0.05) is 201 Å². The Balaban J connectivity index is 0.723. The topological polar surface area (TPSA) is 280 Å². The molecule has 0 bridgehead atoms. The maximum Gasteiger partial charge on any atom is 0.126 e. The van der Waals surface area contributed by atoms with E-state index in [1.807, 2.05) is 0 Å². The van der Waals surface area contributed by atoms with Crippen LogP contribution in [0.1, 0.15) is 180 Å². The number of ether oxygens (including phenoxy) is 4. The maximum absolute atomic E-state index is 10.7. The van der Waals surface area contributed by atoms with Gasteiger partial charge in [0.1, 0.15) is 59.2 Å². The van der Waals surface area contributed by atoms with Crippen molar-refractivity contribution in [3.8, 4) is 135 Å². The van der Waals surface area contributed by atoms with Crippen LogP contribution in [0.4, 0.5) is 0 Å². The zero-order valence-electron chi connectivity index (χ0n) is 75.3. The Morgan fingerprint density at radius 1 is 0.212 bits per heavy atom. The van der Waals surface area contributed by atoms with Gasteiger partial charge in [0.25, 0.3) is 0 Å². The van der Waals surface area contributed by atoms with Crippen molar-refractivity contribution in [2.45, 2.75) is 169 Å². The monoisotopic (exact) mass is 1750 g/mol. The van der Waals surface area contributed by atoms with E-state index in [0.717, 1.165) is 134 Å². The molecule has 0 saturated heterocycles. The third-order valence-corrected chi connectivity index (χ3v) is 29.0. The van der Waals surface area contributed by atoms with Crippen LogP contribution in [-0.4, -0.2) is 74.5 Å². The van der Waals surface area contributed by atoms with Crippen LogP contribution < -0.4 is 18.9 Å². The minimum atomic E-state index is -0.468. The zero-order chi connectivity index (χ0) is 91.9. The molecule has 16 heteroatoms. The van der Waals surface area contributed by atoms with Crippen LogP contribution in [0.5, 0.6) is 46.0 Å². The Kier molecular flexibility index (Phi) is 22.0. The molecule has 0 spiro atoms. The lowest BCUT2D eigenvalue weighted by Gasteiger charge is -2.25. The number of rotatable bonds is 28. The third kappa shape index (κ3) is 14.4. The molecule has 20 rings (SSSR count). The smallest absolute Gasteiger partial charge is 0.126 e. The van der Waals surface area contributed by atoms with E-state index >= 15 is 0 Å². The summed E-state index contributed by atoms with van der Waals surface area (Å²) < 4.78 is 25.1. The van der Waals surface area contributed by atoms with Crippen molar-refractivity contribution >= 4 is 32.3 Å². The quantitative estimate of drug-likeness (QED) is 0.0160. The summed E-state index contributed by atoms with van der Waals surface area (Å²) in [5.74, 6) is 1.27. The van der Waals surface area contributed by atoms with Crippen molar-refractivity contribution in [2.75, 3.05) is 13.2 Å². The standard InChI is InChI=1S/C116H106O16/c1-113(2)99-35-63(11-9-33-129-79-39-71(53-117)109(125)72(40-79)54-118)13-21-83(99)87-25-17-67(47-103(87)113)95-51-96(68-18-26-88-84-22-14-64(36-100(84)114(3,4)104(88)48-68)12-10-34-130-80-41-73(55-119)110(126)74(42-80)56-120)92-30-32-94-98(70-20-28-90-86-24-16-66(38-102(86)116(7,8)106(90)50-70)62-132-82-45-77(59-123)112(128)78(46-82)60-124)52-97(93-31-29-91(95)107(92)108(93)94)69-19-27-89-85-23-15-65(37-101(85)115(5,6)105(89)49-69)61-131-81-43-75(57-121)111(127)76(44-81)58-122/h13-32,35-52,117-128H,9-12,33-34,53-62H2,1-8H3. The lowest BCUT2D eigenvalue weighted by atomic mass is 9.78. The first-order chi connectivity index (χ1) is 63.7. The van der Waals surface area contributed by atoms with Gasteiger partial charge in [-0.25, -0.2) is 0 Å². The minimum absolute atomic E-state index is 0.129. The summed E-state index contributed by atoms with van der Waals surface area (Å²) >= 11 is 0. The molecule has 0 radical (unpaired) electrons. The Bertz CT molecular complexity index is 6860. The molecule has 12 N–H and O–H groups in total. The summed E-state index contributed by atoms with van der Waals surface area (Å²) in [5.41, 5.74) is 32.6. The fraction of sp³-hybridized carbons (Fsp3) is 0.241. The van der Waals surface area contributed by atoms with Crippen LogP contribution in [0.2, 0.25) is 0 Å². The molecule has 666 valence electrons. The van der Waals surface area contributed by atoms with Gasteiger partial charge in [-0.2, -0.15) is 0 Å². The zero-order valence-corrected chi connectivity index (χ0v) is 75.3. The number of hydrogen-bond acceptors (Lipinski definition) is 16. The number of aromatic hydroxyl groups is 4. The van der Waals surface area contributed by atoms with E-state index in [1.54, 1.807) is 48.5 Å². The van der Waals surface area contributed by atoms with Crippen LogP contribution in [-0.2, 0) is 101 Å². The molecule has 0 unspecified atom stereocenters. The highest BCUT2D eigenvalue weighted by atomic mass is 16.5. The number of hydrogen-bond donors (Lipinski definition) is 12. The number of benzene rings is 16. The Morgan fingerprint density at radius 2 is 0.417 bits per heavy atom. The van der Waals surface area contributed by atoms with E-state index in [2.05, 4.69) is 237 Å². The van der Waals surface area contributed by atoms with E-state index in [1.165, 1.54) is 66.8 Å². The largest absolute Gasteiger partial charge is 0.507 e. The van der Waals surface area contributed by atoms with E-state index in [0.29, 0.717) is 71.3 Å². The van der Waals surface area contributed by atoms with Crippen LogP contribution in [0, 0.1) is 0 Å². The first-order valence-corrected chi connectivity index (χ1v) is 45.4. The van der Waals surface area contributed by atoms with Crippen molar-refractivity contribution in [3.63, 3.8) is 0 Å². The number of aliphatic hydroxyl groups is 8. The summed E-state index contributed by atoms with van der Waals surface area (Å²) in [6.07, 6.45) is 2.92. The van der Waals surface area contributed by atoms with Gasteiger partial charge in [-0.15, -0.1) is 0 Å². The molecule has 0 heterocycles. The second-order valence-corrected chi connectivity index (χ2v) is 38.2. The number of aryl methyl sites for hydroxylation is 2. The molecule has 132 heavy (non-hydrogen) atoms. The van der Waals surface area contributed by atoms with E-state index in [4.69, 9.17) is 18.9 Å². The van der Waals surface area contributed by atoms with Gasteiger partial charge in [0.05, 0.1) is 66.1 Å². The highest BCUT2D eigenvalue weighted by Crippen LogP contribution is 2.59. The first-order valence-electron chi connectivity index (χ1n) is 45.4. The van der Waals surface area contributed by atoms with Gasteiger partial charge in [-0.3, -0.25) is 0 Å². The molecule has 0 saturated carbocycles. The second kappa shape index (κ2) is 33.5. The third-order valence-electron chi connectivity index (χ3n) is 29.0. The van der Waals surface area contributed by atoms with Gasteiger partial charge in [0.15, 0.2) is 0 Å². The van der Waals surface area contributed by atoms with Crippen molar-refractivity contribution < 1.29 is 80.2 Å². The van der Waals surface area contributed by atoms with Crippen LogP contribution in [0.25, 0.3) is 121 Å². The summed E-state index contributed by atoms with van der Waals surface area (Å²) in [6, 6.07) is 82.3. The fourth-order valence-corrected chi connectivity index (χ4v) is 21.7. The van der Waals surface area contributed by atoms with Crippen molar-refractivity contribution in [2.24, 2.45) is 0 Å². The maximum atomic E-state index is 10.7.